The van der Waals surface area contributed by atoms with Crippen LogP contribution < -0.4 is 15.0 Å². The third kappa shape index (κ3) is 3.90. The van der Waals surface area contributed by atoms with Crippen molar-refractivity contribution >= 4 is 23.0 Å². The largest absolute Gasteiger partial charge is 0.464 e. The number of nitrogens with zero attached hydrogens (tertiary/aromatic N) is 2. The topological polar surface area (TPSA) is 50.5 Å². The Bertz CT molecular complexity index is 1180. The molecule has 2 atom stereocenters. The Morgan fingerprint density at radius 3 is 2.32 bits per heavy atom. The van der Waals surface area contributed by atoms with Crippen molar-refractivity contribution in [3.63, 3.8) is 0 Å². The zero-order chi connectivity index (χ0) is 21.2. The summed E-state index contributed by atoms with van der Waals surface area (Å²) in [5, 5.41) is 4.07. The molecule has 4 aromatic rings. The summed E-state index contributed by atoms with van der Waals surface area (Å²) in [4.78, 5) is 6.64. The number of thiocarbonyl (C=S) groups is 1. The fraction of sp³-hybridized carbons (Fsp3) is 0.120. The van der Waals surface area contributed by atoms with Gasteiger partial charge in [-0.2, -0.15) is 0 Å². The Morgan fingerprint density at radius 1 is 0.903 bits per heavy atom. The van der Waals surface area contributed by atoms with Gasteiger partial charge in [-0.05, 0) is 79.8 Å². The van der Waals surface area contributed by atoms with Crippen molar-refractivity contribution in [1.82, 2.24) is 10.3 Å². The molecular formula is C25H21N3O2S. The fourth-order valence-corrected chi connectivity index (χ4v) is 4.18. The van der Waals surface area contributed by atoms with Crippen LogP contribution in [0, 0.1) is 6.92 Å². The summed E-state index contributed by atoms with van der Waals surface area (Å²) in [7, 11) is 0. The number of pyridine rings is 1. The molecule has 31 heavy (non-hydrogen) atoms. The molecule has 0 bridgehead atoms. The van der Waals surface area contributed by atoms with Gasteiger partial charge in [0.1, 0.15) is 29.1 Å². The molecule has 1 saturated heterocycles. The molecule has 0 amide bonds. The van der Waals surface area contributed by atoms with Crippen molar-refractivity contribution in [3.05, 3.63) is 108 Å². The first-order valence-corrected chi connectivity index (χ1v) is 10.5. The summed E-state index contributed by atoms with van der Waals surface area (Å²) >= 11 is 5.74. The Labute approximate surface area is 186 Å². The zero-order valence-electron chi connectivity index (χ0n) is 16.9. The average Bonchev–Trinajstić information content (AvgIpc) is 3.38. The van der Waals surface area contributed by atoms with Crippen LogP contribution in [0.2, 0.25) is 0 Å². The second-order valence-electron chi connectivity index (χ2n) is 7.35. The minimum atomic E-state index is -0.156. The van der Waals surface area contributed by atoms with Crippen LogP contribution in [0.25, 0.3) is 0 Å². The maximum Gasteiger partial charge on any atom is 0.174 e. The van der Waals surface area contributed by atoms with Gasteiger partial charge in [0.15, 0.2) is 5.11 Å². The lowest BCUT2D eigenvalue weighted by atomic mass is 10.0. The van der Waals surface area contributed by atoms with Gasteiger partial charge in [0.25, 0.3) is 0 Å². The summed E-state index contributed by atoms with van der Waals surface area (Å²) in [6.45, 7) is 1.94. The summed E-state index contributed by atoms with van der Waals surface area (Å²) in [5.74, 6) is 3.26. The van der Waals surface area contributed by atoms with E-state index in [0.29, 0.717) is 5.11 Å². The lowest BCUT2D eigenvalue weighted by Crippen LogP contribution is -2.29. The van der Waals surface area contributed by atoms with Crippen LogP contribution in [-0.2, 0) is 0 Å². The number of para-hydroxylation sites is 1. The number of benzene rings is 2. The number of aryl methyl sites for hydroxylation is 1. The Balaban J connectivity index is 1.48. The third-order valence-electron chi connectivity index (χ3n) is 5.24. The maximum atomic E-state index is 6.03. The zero-order valence-corrected chi connectivity index (χ0v) is 17.8. The first-order chi connectivity index (χ1) is 15.2. The van der Waals surface area contributed by atoms with Crippen LogP contribution in [0.3, 0.4) is 0 Å². The van der Waals surface area contributed by atoms with Crippen molar-refractivity contribution in [2.75, 3.05) is 4.90 Å². The summed E-state index contributed by atoms with van der Waals surface area (Å²) in [5.41, 5.74) is 1.87. The van der Waals surface area contributed by atoms with Crippen molar-refractivity contribution in [3.8, 4) is 11.5 Å². The van der Waals surface area contributed by atoms with Gasteiger partial charge >= 0.3 is 0 Å². The highest BCUT2D eigenvalue weighted by Gasteiger charge is 2.42. The molecule has 0 aliphatic carbocycles. The van der Waals surface area contributed by atoms with E-state index >= 15 is 0 Å². The Kier molecular flexibility index (Phi) is 5.14. The molecule has 1 aliphatic heterocycles. The number of hydrogen-bond donors (Lipinski definition) is 1. The van der Waals surface area contributed by atoms with Crippen LogP contribution in [-0.4, -0.2) is 10.1 Å². The van der Waals surface area contributed by atoms with Crippen LogP contribution >= 0.6 is 12.2 Å². The molecule has 154 valence electrons. The first kappa shape index (κ1) is 19.3. The Morgan fingerprint density at radius 2 is 1.65 bits per heavy atom. The monoisotopic (exact) mass is 427 g/mol. The van der Waals surface area contributed by atoms with E-state index in [1.807, 2.05) is 91.9 Å². The first-order valence-electron chi connectivity index (χ1n) is 10.1. The average molecular weight is 428 g/mol. The molecule has 3 heterocycles. The number of hydrogen-bond acceptors (Lipinski definition) is 4. The normalized spacial score (nSPS) is 18.1. The molecule has 5 rings (SSSR count). The van der Waals surface area contributed by atoms with E-state index in [1.54, 1.807) is 6.20 Å². The minimum Gasteiger partial charge on any atom is -0.464 e. The van der Waals surface area contributed by atoms with E-state index in [0.717, 1.165) is 34.4 Å². The van der Waals surface area contributed by atoms with E-state index in [-0.39, 0.29) is 12.1 Å². The van der Waals surface area contributed by atoms with Gasteiger partial charge in [0.2, 0.25) is 0 Å². The molecule has 0 unspecified atom stereocenters. The lowest BCUT2D eigenvalue weighted by Gasteiger charge is -2.26. The molecule has 5 nitrogen and oxygen atoms in total. The Hall–Kier alpha value is -3.64. The highest BCUT2D eigenvalue weighted by molar-refractivity contribution is 7.80. The maximum absolute atomic E-state index is 6.03. The number of nitrogens with one attached hydrogen (secondary N) is 1. The molecule has 1 fully saturated rings. The lowest BCUT2D eigenvalue weighted by molar-refractivity contribution is 0.418. The highest BCUT2D eigenvalue weighted by atomic mass is 32.1. The van der Waals surface area contributed by atoms with Crippen LogP contribution in [0.1, 0.15) is 29.3 Å². The number of aromatic nitrogens is 1. The van der Waals surface area contributed by atoms with Crippen molar-refractivity contribution in [1.29, 1.82) is 0 Å². The molecule has 2 aromatic heterocycles. The van der Waals surface area contributed by atoms with Gasteiger partial charge in [-0.3, -0.25) is 4.98 Å². The minimum absolute atomic E-state index is 0.125. The fourth-order valence-electron chi connectivity index (χ4n) is 3.83. The molecule has 1 aliphatic rings. The van der Waals surface area contributed by atoms with Gasteiger partial charge in [0, 0.05) is 11.9 Å². The van der Waals surface area contributed by atoms with Crippen molar-refractivity contribution in [2.24, 2.45) is 0 Å². The molecule has 1 N–H and O–H groups in total. The van der Waals surface area contributed by atoms with E-state index in [4.69, 9.17) is 21.4 Å². The predicted octanol–water partition coefficient (Wildman–Crippen LogP) is 5.95. The quantitative estimate of drug-likeness (QED) is 0.397. The van der Waals surface area contributed by atoms with Gasteiger partial charge in [-0.1, -0.05) is 24.3 Å². The molecular weight excluding hydrogens is 406 g/mol. The van der Waals surface area contributed by atoms with Crippen molar-refractivity contribution < 1.29 is 9.15 Å². The van der Waals surface area contributed by atoms with E-state index in [9.17, 15) is 0 Å². The van der Waals surface area contributed by atoms with Crippen LogP contribution in [0.4, 0.5) is 5.69 Å². The number of anilines is 1. The van der Waals surface area contributed by atoms with Crippen LogP contribution in [0.5, 0.6) is 11.5 Å². The molecule has 6 heteroatoms. The third-order valence-corrected chi connectivity index (χ3v) is 5.56. The van der Waals surface area contributed by atoms with Crippen molar-refractivity contribution in [2.45, 2.75) is 19.0 Å². The molecule has 0 spiro atoms. The SMILES string of the molecule is Cc1ccc([C@H]2[C@H](c3ccccn3)NC(=S)N2c2ccc(Oc3ccccc3)cc2)o1. The van der Waals surface area contributed by atoms with Gasteiger partial charge in [0.05, 0.1) is 11.7 Å². The summed E-state index contributed by atoms with van der Waals surface area (Å²) in [6, 6.07) is 27.2. The molecule has 2 aromatic carbocycles. The van der Waals surface area contributed by atoms with E-state index in [1.165, 1.54) is 0 Å². The van der Waals surface area contributed by atoms with Gasteiger partial charge in [-0.15, -0.1) is 0 Å². The van der Waals surface area contributed by atoms with Gasteiger partial charge < -0.3 is 19.4 Å². The molecule has 0 radical (unpaired) electrons. The van der Waals surface area contributed by atoms with E-state index in [2.05, 4.69) is 15.2 Å². The summed E-state index contributed by atoms with van der Waals surface area (Å²) < 4.78 is 12.0. The smallest absolute Gasteiger partial charge is 0.174 e. The number of ether oxygens (including phenoxy) is 1. The van der Waals surface area contributed by atoms with Gasteiger partial charge in [-0.25, -0.2) is 0 Å². The van der Waals surface area contributed by atoms with Crippen LogP contribution in [0.15, 0.2) is 95.5 Å². The van der Waals surface area contributed by atoms with E-state index < -0.39 is 0 Å². The second-order valence-corrected chi connectivity index (χ2v) is 7.74. The molecule has 0 saturated carbocycles. The predicted molar refractivity (Wildman–Crippen MR) is 124 cm³/mol. The number of furan rings is 1. The second kappa shape index (κ2) is 8.24. The summed E-state index contributed by atoms with van der Waals surface area (Å²) in [6.07, 6.45) is 1.79. The highest BCUT2D eigenvalue weighted by Crippen LogP contribution is 2.42. The number of rotatable bonds is 5. The standard InChI is InChI=1S/C25H21N3O2S/c1-17-10-15-22(29-17)24-23(21-9-5-6-16-26-21)27-25(31)28(24)18-11-13-20(14-12-18)30-19-7-3-2-4-8-19/h2-16,23-24H,1H3,(H,27,31)/t23-,24-/m0/s1.